The number of esters is 1. The zero-order valence-corrected chi connectivity index (χ0v) is 15.6. The molecule has 2 N–H and O–H groups in total. The van der Waals surface area contributed by atoms with Crippen LogP contribution in [-0.2, 0) is 14.3 Å². The number of furan rings is 1. The molecule has 0 fully saturated rings. The van der Waals surface area contributed by atoms with Gasteiger partial charge in [0.05, 0.1) is 11.6 Å². The van der Waals surface area contributed by atoms with Crippen LogP contribution in [0, 0.1) is 5.82 Å². The van der Waals surface area contributed by atoms with Gasteiger partial charge in [0.25, 0.3) is 11.8 Å². The van der Waals surface area contributed by atoms with Crippen LogP contribution in [0.1, 0.15) is 29.1 Å². The number of nitrogens with one attached hydrogen (secondary N) is 2. The summed E-state index contributed by atoms with van der Waals surface area (Å²) in [5, 5.41) is 5.83. The number of ether oxygens (including phenoxy) is 1. The normalized spacial score (nSPS) is 11.7. The Balaban J connectivity index is 1.43. The molecule has 0 unspecified atom stereocenters. The fourth-order valence-corrected chi connectivity index (χ4v) is 2.66. The van der Waals surface area contributed by atoms with Gasteiger partial charge in [-0.2, -0.15) is 0 Å². The van der Waals surface area contributed by atoms with E-state index in [1.54, 1.807) is 6.92 Å². The van der Waals surface area contributed by atoms with E-state index >= 15 is 0 Å². The molecule has 7 nitrogen and oxygen atoms in total. The quantitative estimate of drug-likeness (QED) is 0.597. The minimum atomic E-state index is -0.818. The zero-order chi connectivity index (χ0) is 20.8. The molecule has 1 heterocycles. The summed E-state index contributed by atoms with van der Waals surface area (Å²) in [5.74, 6) is -2.21. The van der Waals surface area contributed by atoms with E-state index in [0.29, 0.717) is 11.3 Å². The van der Waals surface area contributed by atoms with Crippen molar-refractivity contribution in [2.24, 2.45) is 0 Å². The van der Waals surface area contributed by atoms with Crippen molar-refractivity contribution < 1.29 is 27.9 Å². The second-order valence-electron chi connectivity index (χ2n) is 6.30. The van der Waals surface area contributed by atoms with E-state index < -0.39 is 42.8 Å². The summed E-state index contributed by atoms with van der Waals surface area (Å²) in [7, 11) is 0. The van der Waals surface area contributed by atoms with Gasteiger partial charge in [0.2, 0.25) is 0 Å². The van der Waals surface area contributed by atoms with Gasteiger partial charge in [-0.3, -0.25) is 14.4 Å². The summed E-state index contributed by atoms with van der Waals surface area (Å²) >= 11 is 0. The first-order valence-electron chi connectivity index (χ1n) is 8.90. The lowest BCUT2D eigenvalue weighted by Crippen LogP contribution is -2.35. The van der Waals surface area contributed by atoms with E-state index in [2.05, 4.69) is 10.6 Å². The lowest BCUT2D eigenvalue weighted by atomic mass is 10.2. The summed E-state index contributed by atoms with van der Waals surface area (Å²) in [6, 6.07) is 14.2. The molecular weight excluding hydrogens is 379 g/mol. The molecule has 3 rings (SSSR count). The minimum absolute atomic E-state index is 0.183. The van der Waals surface area contributed by atoms with Crippen LogP contribution in [0.15, 0.2) is 59.0 Å². The van der Waals surface area contributed by atoms with Crippen molar-refractivity contribution in [1.82, 2.24) is 10.6 Å². The van der Waals surface area contributed by atoms with Crippen molar-refractivity contribution in [2.45, 2.75) is 13.0 Å². The van der Waals surface area contributed by atoms with Crippen molar-refractivity contribution in [3.8, 4) is 0 Å². The molecule has 0 aliphatic carbocycles. The maximum atomic E-state index is 13.5. The molecule has 1 atom stereocenters. The van der Waals surface area contributed by atoms with E-state index in [1.165, 1.54) is 18.2 Å². The van der Waals surface area contributed by atoms with E-state index in [0.717, 1.165) is 11.5 Å². The van der Waals surface area contributed by atoms with Gasteiger partial charge in [-0.1, -0.05) is 30.3 Å². The van der Waals surface area contributed by atoms with Gasteiger partial charge < -0.3 is 19.8 Å². The molecule has 150 valence electrons. The topological polar surface area (TPSA) is 97.6 Å². The van der Waals surface area contributed by atoms with Gasteiger partial charge >= 0.3 is 5.97 Å². The first-order chi connectivity index (χ1) is 13.9. The molecule has 0 saturated heterocycles. The molecule has 1 aromatic heterocycles. The number of hydrogen-bond acceptors (Lipinski definition) is 5. The number of amides is 2. The van der Waals surface area contributed by atoms with E-state index in [1.807, 2.05) is 30.3 Å². The molecule has 0 bridgehead atoms. The Morgan fingerprint density at radius 3 is 2.59 bits per heavy atom. The number of halogens is 1. The average molecular weight is 398 g/mol. The smallest absolute Gasteiger partial charge is 0.325 e. The highest BCUT2D eigenvalue weighted by atomic mass is 19.1. The SMILES string of the molecule is C[C@@H](NC(=O)COC(=O)CNC(=O)c1ccccc1F)c1cc2ccccc2o1. The lowest BCUT2D eigenvalue weighted by molar-refractivity contribution is -0.147. The van der Waals surface area contributed by atoms with Crippen LogP contribution >= 0.6 is 0 Å². The van der Waals surface area contributed by atoms with Crippen molar-refractivity contribution >= 4 is 28.8 Å². The molecule has 0 saturated carbocycles. The van der Waals surface area contributed by atoms with Crippen molar-refractivity contribution in [3.05, 3.63) is 71.7 Å². The van der Waals surface area contributed by atoms with Crippen LogP contribution in [0.4, 0.5) is 4.39 Å². The minimum Gasteiger partial charge on any atom is -0.459 e. The Hall–Kier alpha value is -3.68. The molecule has 0 spiro atoms. The van der Waals surface area contributed by atoms with Crippen LogP contribution in [0.5, 0.6) is 0 Å². The average Bonchev–Trinajstić information content (AvgIpc) is 3.15. The van der Waals surface area contributed by atoms with Crippen LogP contribution in [0.25, 0.3) is 11.0 Å². The standard InChI is InChI=1S/C21H19FN2O5/c1-13(18-10-14-6-2-5-9-17(14)29-18)24-19(25)12-28-20(26)11-23-21(27)15-7-3-4-8-16(15)22/h2-10,13H,11-12H2,1H3,(H,23,27)(H,24,25)/t13-/m1/s1. The Bertz CT molecular complexity index is 1010. The highest BCUT2D eigenvalue weighted by Gasteiger charge is 2.16. The molecule has 0 aliphatic heterocycles. The largest absolute Gasteiger partial charge is 0.459 e. The maximum Gasteiger partial charge on any atom is 0.325 e. The Morgan fingerprint density at radius 1 is 1.10 bits per heavy atom. The summed E-state index contributed by atoms with van der Waals surface area (Å²) in [5.41, 5.74) is 0.526. The Morgan fingerprint density at radius 2 is 1.83 bits per heavy atom. The molecule has 2 amide bonds. The summed E-state index contributed by atoms with van der Waals surface area (Å²) in [4.78, 5) is 35.5. The third kappa shape index (κ3) is 5.19. The van der Waals surface area contributed by atoms with Crippen LogP contribution < -0.4 is 10.6 Å². The number of carbonyl (C=O) groups is 3. The third-order valence-electron chi connectivity index (χ3n) is 4.12. The molecular formula is C21H19FN2O5. The highest BCUT2D eigenvalue weighted by molar-refractivity contribution is 5.96. The number of benzene rings is 2. The molecule has 2 aromatic carbocycles. The van der Waals surface area contributed by atoms with E-state index in [-0.39, 0.29) is 5.56 Å². The Kier molecular flexibility index (Phi) is 6.23. The van der Waals surface area contributed by atoms with E-state index in [9.17, 15) is 18.8 Å². The van der Waals surface area contributed by atoms with Crippen LogP contribution in [-0.4, -0.2) is 30.9 Å². The van der Waals surface area contributed by atoms with Gasteiger partial charge in [0.15, 0.2) is 6.61 Å². The number of hydrogen-bond donors (Lipinski definition) is 2. The molecule has 8 heteroatoms. The number of carbonyl (C=O) groups excluding carboxylic acids is 3. The lowest BCUT2D eigenvalue weighted by Gasteiger charge is -2.12. The monoisotopic (exact) mass is 398 g/mol. The molecule has 0 aliphatic rings. The predicted molar refractivity (Wildman–Crippen MR) is 102 cm³/mol. The number of para-hydroxylation sites is 1. The molecule has 3 aromatic rings. The van der Waals surface area contributed by atoms with Gasteiger partial charge in [0, 0.05) is 5.39 Å². The highest BCUT2D eigenvalue weighted by Crippen LogP contribution is 2.23. The van der Waals surface area contributed by atoms with Crippen LogP contribution in [0.3, 0.4) is 0 Å². The second kappa shape index (κ2) is 9.01. The van der Waals surface area contributed by atoms with Crippen LogP contribution in [0.2, 0.25) is 0 Å². The number of rotatable bonds is 7. The predicted octanol–water partition coefficient (Wildman–Crippen LogP) is 2.72. The van der Waals surface area contributed by atoms with E-state index in [4.69, 9.17) is 9.15 Å². The fourth-order valence-electron chi connectivity index (χ4n) is 2.66. The summed E-state index contributed by atoms with van der Waals surface area (Å²) in [6.45, 7) is 0.741. The second-order valence-corrected chi connectivity index (χ2v) is 6.30. The van der Waals surface area contributed by atoms with Gasteiger partial charge in [-0.25, -0.2) is 4.39 Å². The first-order valence-corrected chi connectivity index (χ1v) is 8.90. The first kappa shape index (κ1) is 20.1. The van der Waals surface area contributed by atoms with Gasteiger partial charge in [-0.05, 0) is 31.2 Å². The van der Waals surface area contributed by atoms with Crippen molar-refractivity contribution in [3.63, 3.8) is 0 Å². The zero-order valence-electron chi connectivity index (χ0n) is 15.6. The summed E-state index contributed by atoms with van der Waals surface area (Å²) < 4.78 is 24.0. The van der Waals surface area contributed by atoms with Crippen molar-refractivity contribution in [1.29, 1.82) is 0 Å². The van der Waals surface area contributed by atoms with Crippen molar-refractivity contribution in [2.75, 3.05) is 13.2 Å². The fraction of sp³-hybridized carbons (Fsp3) is 0.190. The maximum absolute atomic E-state index is 13.5. The third-order valence-corrected chi connectivity index (χ3v) is 4.12. The molecule has 0 radical (unpaired) electrons. The van der Waals surface area contributed by atoms with Gasteiger partial charge in [-0.15, -0.1) is 0 Å². The summed E-state index contributed by atoms with van der Waals surface area (Å²) in [6.07, 6.45) is 0. The Labute approximate surface area is 165 Å². The number of fused-ring (bicyclic) bond motifs is 1. The molecule has 29 heavy (non-hydrogen) atoms. The van der Waals surface area contributed by atoms with Gasteiger partial charge in [0.1, 0.15) is 23.7 Å².